The molecule has 326 valence electrons. The first kappa shape index (κ1) is 43.8. The van der Waals surface area contributed by atoms with E-state index in [1.165, 1.54) is 5.57 Å². The molecule has 2 saturated heterocycles. The van der Waals surface area contributed by atoms with Crippen molar-refractivity contribution in [3.05, 3.63) is 11.6 Å². The molecule has 0 spiro atoms. The third-order valence-corrected chi connectivity index (χ3v) is 17.7. The molecule has 15 nitrogen and oxygen atoms in total. The number of carboxylic acids is 1. The number of carboxylic acid groups (broad SMARTS) is 1. The zero-order valence-corrected chi connectivity index (χ0v) is 34.2. The van der Waals surface area contributed by atoms with Gasteiger partial charge in [0.25, 0.3) is 0 Å². The molecule has 15 heteroatoms. The molecule has 57 heavy (non-hydrogen) atoms. The summed E-state index contributed by atoms with van der Waals surface area (Å²) >= 11 is 0. The van der Waals surface area contributed by atoms with E-state index in [4.69, 9.17) is 18.9 Å². The minimum absolute atomic E-state index is 0.0127. The molecule has 0 radical (unpaired) electrons. The molecule has 4 saturated carbocycles. The summed E-state index contributed by atoms with van der Waals surface area (Å²) in [5.74, 6) is -1.26. The van der Waals surface area contributed by atoms with Crippen molar-refractivity contribution < 1.29 is 74.8 Å². The van der Waals surface area contributed by atoms with Gasteiger partial charge >= 0.3 is 5.97 Å². The van der Waals surface area contributed by atoms with Crippen molar-refractivity contribution >= 4 is 5.97 Å². The second-order valence-corrected chi connectivity index (χ2v) is 20.5. The Morgan fingerprint density at radius 1 is 0.719 bits per heavy atom. The zero-order chi connectivity index (χ0) is 41.8. The lowest BCUT2D eigenvalue weighted by atomic mass is 9.33. The minimum atomic E-state index is -1.64. The standard InChI is InChI=1S/C42H68O15/c1-37(19-54-34-32(50)30(48)28(46)22(17-43)55-34)13-14-38(2)21(15-37)20-7-8-24-39(3)11-10-27(57-35-33(51)31(49)29(47)23(18-44)56-35)42(6,36(52)53)25(39)9-12-40(24,4)41(20,5)16-26(38)45/h7,21-35,43-51H,8-19H2,1-6H3,(H,52,53)/t21-,22+,23+,24+,25-,26-,27-,28+,29+,30-,31-,32+,33+,34+,35-,37+,38-,39+,40+,41+,42-/m0/s1. The smallest absolute Gasteiger partial charge is 0.312 e. The number of aliphatic hydroxyl groups excluding tert-OH is 9. The molecule has 2 aliphatic heterocycles. The molecule has 5 aliphatic carbocycles. The van der Waals surface area contributed by atoms with Gasteiger partial charge in [0.05, 0.1) is 37.4 Å². The van der Waals surface area contributed by atoms with Gasteiger partial charge in [0.15, 0.2) is 12.6 Å². The second-order valence-electron chi connectivity index (χ2n) is 20.5. The van der Waals surface area contributed by atoms with Crippen LogP contribution in [0.3, 0.4) is 0 Å². The van der Waals surface area contributed by atoms with Gasteiger partial charge in [0, 0.05) is 5.41 Å². The Kier molecular flexibility index (Phi) is 11.5. The number of aliphatic hydroxyl groups is 9. The Morgan fingerprint density at radius 3 is 1.91 bits per heavy atom. The van der Waals surface area contributed by atoms with Gasteiger partial charge in [-0.25, -0.2) is 0 Å². The molecule has 0 unspecified atom stereocenters. The van der Waals surface area contributed by atoms with Crippen LogP contribution in [0.2, 0.25) is 0 Å². The van der Waals surface area contributed by atoms with Crippen molar-refractivity contribution in [2.45, 2.75) is 173 Å². The molecule has 0 amide bonds. The van der Waals surface area contributed by atoms with Crippen LogP contribution >= 0.6 is 0 Å². The molecule has 10 N–H and O–H groups in total. The monoisotopic (exact) mass is 812 g/mol. The van der Waals surface area contributed by atoms with Gasteiger partial charge in [-0.2, -0.15) is 0 Å². The van der Waals surface area contributed by atoms with Crippen LogP contribution in [0.5, 0.6) is 0 Å². The number of aliphatic carboxylic acids is 1. The average molecular weight is 813 g/mol. The second kappa shape index (κ2) is 14.9. The van der Waals surface area contributed by atoms with E-state index in [9.17, 15) is 55.9 Å². The summed E-state index contributed by atoms with van der Waals surface area (Å²) in [5, 5.41) is 105. The summed E-state index contributed by atoms with van der Waals surface area (Å²) in [6.07, 6.45) is -7.55. The Labute approximate surface area is 335 Å². The highest BCUT2D eigenvalue weighted by molar-refractivity contribution is 5.76. The van der Waals surface area contributed by atoms with Gasteiger partial charge in [0.2, 0.25) is 0 Å². The Morgan fingerprint density at radius 2 is 1.32 bits per heavy atom. The first-order valence-corrected chi connectivity index (χ1v) is 21.1. The lowest BCUT2D eigenvalue weighted by Gasteiger charge is -2.71. The molecule has 0 aromatic rings. The van der Waals surface area contributed by atoms with E-state index in [1.54, 1.807) is 6.92 Å². The topological polar surface area (TPSA) is 256 Å². The quantitative estimate of drug-likeness (QED) is 0.120. The third-order valence-electron chi connectivity index (χ3n) is 17.7. The van der Waals surface area contributed by atoms with Gasteiger partial charge in [-0.15, -0.1) is 0 Å². The van der Waals surface area contributed by atoms with Crippen LogP contribution in [0.4, 0.5) is 0 Å². The van der Waals surface area contributed by atoms with Crippen LogP contribution in [0.15, 0.2) is 11.6 Å². The summed E-state index contributed by atoms with van der Waals surface area (Å²) in [4.78, 5) is 13.5. The summed E-state index contributed by atoms with van der Waals surface area (Å²) in [5.41, 5.74) is -1.98. The lowest BCUT2D eigenvalue weighted by Crippen LogP contribution is -2.68. The largest absolute Gasteiger partial charge is 0.481 e. The number of fused-ring (bicyclic) bond motifs is 7. The van der Waals surface area contributed by atoms with Crippen molar-refractivity contribution in [2.24, 2.45) is 50.2 Å². The van der Waals surface area contributed by atoms with E-state index >= 15 is 0 Å². The van der Waals surface area contributed by atoms with Crippen LogP contribution in [0, 0.1) is 50.2 Å². The number of carbonyl (C=O) groups is 1. The van der Waals surface area contributed by atoms with Gasteiger partial charge in [0.1, 0.15) is 48.8 Å². The Bertz CT molecular complexity index is 1540. The summed E-state index contributed by atoms with van der Waals surface area (Å²) < 4.78 is 23.7. The number of hydrogen-bond acceptors (Lipinski definition) is 14. The summed E-state index contributed by atoms with van der Waals surface area (Å²) in [7, 11) is 0. The predicted octanol–water partition coefficient (Wildman–Crippen LogP) is 0.825. The van der Waals surface area contributed by atoms with Gasteiger partial charge in [-0.05, 0) is 104 Å². The van der Waals surface area contributed by atoms with Crippen LogP contribution in [0.25, 0.3) is 0 Å². The number of rotatable bonds is 8. The first-order valence-electron chi connectivity index (χ1n) is 21.1. The van der Waals surface area contributed by atoms with Crippen molar-refractivity contribution in [3.63, 3.8) is 0 Å². The van der Waals surface area contributed by atoms with Crippen molar-refractivity contribution in [1.29, 1.82) is 0 Å². The molecule has 0 aromatic heterocycles. The van der Waals surface area contributed by atoms with Crippen LogP contribution in [-0.2, 0) is 23.7 Å². The highest BCUT2D eigenvalue weighted by atomic mass is 16.7. The summed E-state index contributed by atoms with van der Waals surface area (Å²) in [6.45, 7) is 11.9. The maximum absolute atomic E-state index is 13.5. The van der Waals surface area contributed by atoms with E-state index < -0.39 is 109 Å². The fraction of sp³-hybridized carbons (Fsp3) is 0.929. The van der Waals surface area contributed by atoms with E-state index in [0.717, 1.165) is 25.7 Å². The fourth-order valence-electron chi connectivity index (χ4n) is 13.6. The molecule has 21 atom stereocenters. The predicted molar refractivity (Wildman–Crippen MR) is 201 cm³/mol. The van der Waals surface area contributed by atoms with E-state index in [-0.39, 0.29) is 40.6 Å². The first-order chi connectivity index (χ1) is 26.6. The maximum atomic E-state index is 13.5. The molecule has 7 aliphatic rings. The molecule has 0 aromatic carbocycles. The van der Waals surface area contributed by atoms with E-state index in [1.807, 2.05) is 0 Å². The minimum Gasteiger partial charge on any atom is -0.481 e. The molecular weight excluding hydrogens is 744 g/mol. The molecule has 0 bridgehead atoms. The molecule has 7 rings (SSSR count). The van der Waals surface area contributed by atoms with E-state index in [0.29, 0.717) is 32.1 Å². The highest BCUT2D eigenvalue weighted by Gasteiger charge is 2.71. The molecular formula is C42H68O15. The number of allylic oxidation sites excluding steroid dienone is 2. The van der Waals surface area contributed by atoms with E-state index in [2.05, 4.69) is 40.7 Å². The maximum Gasteiger partial charge on any atom is 0.312 e. The zero-order valence-electron chi connectivity index (χ0n) is 34.2. The lowest BCUT2D eigenvalue weighted by molar-refractivity contribution is -0.329. The van der Waals surface area contributed by atoms with Crippen molar-refractivity contribution in [1.82, 2.24) is 0 Å². The fourth-order valence-corrected chi connectivity index (χ4v) is 13.6. The molecule has 2 heterocycles. The molecule has 6 fully saturated rings. The normalized spacial score (nSPS) is 56.4. The highest BCUT2D eigenvalue weighted by Crippen LogP contribution is 2.76. The number of hydrogen-bond donors (Lipinski definition) is 10. The summed E-state index contributed by atoms with van der Waals surface area (Å²) in [6, 6.07) is 0. The van der Waals surface area contributed by atoms with Crippen LogP contribution < -0.4 is 0 Å². The Hall–Kier alpha value is -1.31. The average Bonchev–Trinajstić information content (AvgIpc) is 3.16. The number of ether oxygens (including phenoxy) is 4. The third kappa shape index (κ3) is 6.43. The van der Waals surface area contributed by atoms with Crippen LogP contribution in [-0.4, -0.2) is 150 Å². The Balaban J connectivity index is 1.15. The van der Waals surface area contributed by atoms with Crippen molar-refractivity contribution in [3.8, 4) is 0 Å². The van der Waals surface area contributed by atoms with Gasteiger partial charge < -0.3 is 70.0 Å². The van der Waals surface area contributed by atoms with Gasteiger partial charge in [-0.1, -0.05) is 46.3 Å². The van der Waals surface area contributed by atoms with Crippen molar-refractivity contribution in [2.75, 3.05) is 19.8 Å². The van der Waals surface area contributed by atoms with Gasteiger partial charge in [-0.3, -0.25) is 4.79 Å². The SMILES string of the molecule is C[C@@]1(CO[C@@H]2O[C@H](CO)[C@@H](O)[C@H](O)[C@H]2O)CC[C@]2(C)[C@@H](O)C[C@]3(C)C(=CC[C@@H]4[C@@]5(C)CC[C@H](O[C@@H]6O[C@H](CO)[C@@H](O)[C@H](O)[C@H]6O)[C@@](C)(C(=O)O)[C@H]5CC[C@]43C)[C@@H]2C1. The van der Waals surface area contributed by atoms with Crippen LogP contribution in [0.1, 0.15) is 99.3 Å².